The number of hydrogen-bond donors (Lipinski definition) is 0. The maximum Gasteiger partial charge on any atom is 0.127 e. The summed E-state index contributed by atoms with van der Waals surface area (Å²) < 4.78 is 13.2. The van der Waals surface area contributed by atoms with E-state index in [-0.39, 0.29) is 11.2 Å². The Hall–Kier alpha value is -1.18. The van der Waals surface area contributed by atoms with Gasteiger partial charge in [0.1, 0.15) is 22.7 Å². The summed E-state index contributed by atoms with van der Waals surface area (Å²) in [6.45, 7) is 24.9. The van der Waals surface area contributed by atoms with Gasteiger partial charge in [-0.15, -0.1) is 0 Å². The van der Waals surface area contributed by atoms with Crippen molar-refractivity contribution in [3.63, 3.8) is 0 Å². The van der Waals surface area contributed by atoms with Crippen molar-refractivity contribution in [2.24, 2.45) is 17.8 Å². The number of benzene rings is 1. The molecule has 2 heteroatoms. The van der Waals surface area contributed by atoms with Crippen molar-refractivity contribution >= 4 is 0 Å². The van der Waals surface area contributed by atoms with Crippen molar-refractivity contribution in [2.75, 3.05) is 0 Å². The van der Waals surface area contributed by atoms with E-state index in [0.29, 0.717) is 0 Å². The third-order valence-corrected chi connectivity index (χ3v) is 8.25. The van der Waals surface area contributed by atoms with E-state index in [1.165, 1.54) is 73.6 Å². The zero-order valence-electron chi connectivity index (χ0n) is 25.3. The molecule has 1 heterocycles. The molecule has 0 saturated heterocycles. The van der Waals surface area contributed by atoms with Gasteiger partial charge in [-0.25, -0.2) is 0 Å². The van der Waals surface area contributed by atoms with Gasteiger partial charge in [0, 0.05) is 5.56 Å². The Morgan fingerprint density at radius 3 is 1.89 bits per heavy atom. The van der Waals surface area contributed by atoms with Gasteiger partial charge in [-0.2, -0.15) is 0 Å². The first-order valence-corrected chi connectivity index (χ1v) is 14.7. The largest absolute Gasteiger partial charge is 0.488 e. The summed E-state index contributed by atoms with van der Waals surface area (Å²) in [4.78, 5) is 0. The van der Waals surface area contributed by atoms with Gasteiger partial charge < -0.3 is 9.47 Å². The molecule has 3 atom stereocenters. The van der Waals surface area contributed by atoms with Gasteiger partial charge in [-0.05, 0) is 109 Å². The molecular weight excluding hydrogens is 428 g/mol. The Labute approximate surface area is 219 Å². The average Bonchev–Trinajstić information content (AvgIpc) is 2.74. The Bertz CT molecular complexity index is 801. The molecule has 202 valence electrons. The van der Waals surface area contributed by atoms with Crippen LogP contribution in [0.25, 0.3) is 0 Å². The molecular formula is C33H58O2. The third kappa shape index (κ3) is 9.32. The fourth-order valence-corrected chi connectivity index (χ4v) is 5.72. The standard InChI is InChI=1S/C33H58O2/c1-23(2)15-12-16-24(3)17-13-18-25(4)19-14-21-33(11)22-20-29-28(7)30(34-32(8,9)10)26(5)27(6)31(29)35-33/h23-25H,12-22H2,1-11H3/t24-,25-,33-/m1/s1. The summed E-state index contributed by atoms with van der Waals surface area (Å²) in [5.74, 6) is 4.75. The van der Waals surface area contributed by atoms with Crippen LogP contribution in [0.3, 0.4) is 0 Å². The number of fused-ring (bicyclic) bond motifs is 1. The maximum absolute atomic E-state index is 6.79. The Morgan fingerprint density at radius 2 is 1.34 bits per heavy atom. The zero-order chi connectivity index (χ0) is 26.4. The Kier molecular flexibility index (Phi) is 11.0. The van der Waals surface area contributed by atoms with E-state index in [2.05, 4.69) is 76.2 Å². The Balaban J connectivity index is 1.85. The molecule has 0 fully saturated rings. The summed E-state index contributed by atoms with van der Waals surface area (Å²) in [5, 5.41) is 0. The molecule has 0 amide bonds. The minimum absolute atomic E-state index is 0.0479. The van der Waals surface area contributed by atoms with Crippen LogP contribution in [0.5, 0.6) is 11.5 Å². The minimum Gasteiger partial charge on any atom is -0.488 e. The van der Waals surface area contributed by atoms with Crippen LogP contribution in [0.1, 0.15) is 142 Å². The van der Waals surface area contributed by atoms with E-state index >= 15 is 0 Å². The second-order valence-electron chi connectivity index (χ2n) is 13.6. The van der Waals surface area contributed by atoms with Crippen LogP contribution in [-0.2, 0) is 6.42 Å². The van der Waals surface area contributed by atoms with Crippen molar-refractivity contribution in [3.8, 4) is 11.5 Å². The smallest absolute Gasteiger partial charge is 0.127 e. The summed E-state index contributed by atoms with van der Waals surface area (Å²) in [6.07, 6.45) is 14.3. The van der Waals surface area contributed by atoms with E-state index in [0.717, 1.165) is 48.5 Å². The van der Waals surface area contributed by atoms with Crippen molar-refractivity contribution in [1.29, 1.82) is 0 Å². The molecule has 0 N–H and O–H groups in total. The lowest BCUT2D eigenvalue weighted by Crippen LogP contribution is -2.37. The highest BCUT2D eigenvalue weighted by Gasteiger charge is 2.35. The first-order chi connectivity index (χ1) is 16.2. The normalized spacial score (nSPS) is 19.9. The van der Waals surface area contributed by atoms with Gasteiger partial charge in [-0.1, -0.05) is 72.6 Å². The minimum atomic E-state index is -0.192. The molecule has 0 aromatic heterocycles. The SMILES string of the molecule is Cc1c(C)c2c(c(C)c1OC(C)(C)C)CC[C@@](C)(CCC[C@H](C)CCC[C@H](C)CCCC(C)C)O2. The molecule has 0 radical (unpaired) electrons. The van der Waals surface area contributed by atoms with E-state index in [1.54, 1.807) is 0 Å². The highest BCUT2D eigenvalue weighted by Crippen LogP contribution is 2.45. The van der Waals surface area contributed by atoms with Crippen molar-refractivity contribution in [3.05, 3.63) is 22.3 Å². The fourth-order valence-electron chi connectivity index (χ4n) is 5.72. The van der Waals surface area contributed by atoms with Crippen LogP contribution >= 0.6 is 0 Å². The second-order valence-corrected chi connectivity index (χ2v) is 13.6. The van der Waals surface area contributed by atoms with E-state index < -0.39 is 0 Å². The van der Waals surface area contributed by atoms with E-state index in [1.807, 2.05) is 0 Å². The van der Waals surface area contributed by atoms with Crippen LogP contribution in [0, 0.1) is 38.5 Å². The van der Waals surface area contributed by atoms with E-state index in [4.69, 9.17) is 9.47 Å². The first-order valence-electron chi connectivity index (χ1n) is 14.7. The molecule has 1 aliphatic rings. The van der Waals surface area contributed by atoms with Crippen molar-refractivity contribution < 1.29 is 9.47 Å². The summed E-state index contributed by atoms with van der Waals surface area (Å²) >= 11 is 0. The highest BCUT2D eigenvalue weighted by atomic mass is 16.5. The average molecular weight is 487 g/mol. The quantitative estimate of drug-likeness (QED) is 0.276. The highest BCUT2D eigenvalue weighted by molar-refractivity contribution is 5.59. The van der Waals surface area contributed by atoms with Crippen molar-refractivity contribution in [2.45, 2.75) is 158 Å². The number of hydrogen-bond acceptors (Lipinski definition) is 2. The molecule has 1 aromatic carbocycles. The van der Waals surface area contributed by atoms with Crippen LogP contribution in [0.2, 0.25) is 0 Å². The molecule has 2 nitrogen and oxygen atoms in total. The van der Waals surface area contributed by atoms with E-state index in [9.17, 15) is 0 Å². The monoisotopic (exact) mass is 486 g/mol. The summed E-state index contributed by atoms with van der Waals surface area (Å²) in [5.41, 5.74) is 4.88. The number of rotatable bonds is 13. The second kappa shape index (κ2) is 12.9. The van der Waals surface area contributed by atoms with Gasteiger partial charge in [-0.3, -0.25) is 0 Å². The lowest BCUT2D eigenvalue weighted by molar-refractivity contribution is 0.0506. The zero-order valence-corrected chi connectivity index (χ0v) is 25.3. The molecule has 1 aliphatic heterocycles. The van der Waals surface area contributed by atoms with Gasteiger partial charge in [0.05, 0.1) is 0 Å². The maximum atomic E-state index is 6.79. The Morgan fingerprint density at radius 1 is 0.800 bits per heavy atom. The predicted molar refractivity (Wildman–Crippen MR) is 153 cm³/mol. The lowest BCUT2D eigenvalue weighted by atomic mass is 9.83. The lowest BCUT2D eigenvalue weighted by Gasteiger charge is -2.39. The van der Waals surface area contributed by atoms with Crippen LogP contribution in [0.4, 0.5) is 0 Å². The topological polar surface area (TPSA) is 18.5 Å². The molecule has 0 spiro atoms. The van der Waals surface area contributed by atoms with Crippen LogP contribution < -0.4 is 9.47 Å². The molecule has 0 saturated carbocycles. The third-order valence-electron chi connectivity index (χ3n) is 8.25. The molecule has 0 bridgehead atoms. The predicted octanol–water partition coefficient (Wildman–Crippen LogP) is 10.3. The van der Waals surface area contributed by atoms with Gasteiger partial charge in [0.15, 0.2) is 0 Å². The molecule has 0 unspecified atom stereocenters. The van der Waals surface area contributed by atoms with Gasteiger partial charge >= 0.3 is 0 Å². The number of ether oxygens (including phenoxy) is 2. The van der Waals surface area contributed by atoms with Crippen LogP contribution in [-0.4, -0.2) is 11.2 Å². The van der Waals surface area contributed by atoms with Gasteiger partial charge in [0.25, 0.3) is 0 Å². The summed E-state index contributed by atoms with van der Waals surface area (Å²) in [6, 6.07) is 0. The fraction of sp³-hybridized carbons (Fsp3) is 0.818. The molecule has 0 aliphatic carbocycles. The van der Waals surface area contributed by atoms with Gasteiger partial charge in [0.2, 0.25) is 0 Å². The van der Waals surface area contributed by atoms with Crippen LogP contribution in [0.15, 0.2) is 0 Å². The molecule has 2 rings (SSSR count). The first kappa shape index (κ1) is 30.0. The summed E-state index contributed by atoms with van der Waals surface area (Å²) in [7, 11) is 0. The molecule has 1 aromatic rings. The van der Waals surface area contributed by atoms with Crippen molar-refractivity contribution in [1.82, 2.24) is 0 Å². The molecule has 35 heavy (non-hydrogen) atoms.